The zero-order valence-electron chi connectivity index (χ0n) is 23.3. The summed E-state index contributed by atoms with van der Waals surface area (Å²) in [6, 6.07) is 10.9. The molecule has 0 aromatic heterocycles. The van der Waals surface area contributed by atoms with Crippen molar-refractivity contribution < 1.29 is 14.2 Å². The smallest absolute Gasteiger partial charge is 0.191 e. The lowest BCUT2D eigenvalue weighted by molar-refractivity contribution is -0.373. The van der Waals surface area contributed by atoms with Gasteiger partial charge in [0.1, 0.15) is 11.7 Å². The van der Waals surface area contributed by atoms with Gasteiger partial charge in [0.15, 0.2) is 8.32 Å². The fraction of sp³-hybridized carbons (Fsp3) is 0.733. The molecular formula is C30H52O3Si. The second kappa shape index (κ2) is 14.0. The molecule has 0 spiro atoms. The molecule has 34 heavy (non-hydrogen) atoms. The number of unbranched alkanes of at least 4 members (excludes halogenated alkanes) is 7. The van der Waals surface area contributed by atoms with E-state index in [0.29, 0.717) is 0 Å². The molecule has 1 aromatic carbocycles. The zero-order chi connectivity index (χ0) is 25.1. The average molecular weight is 489 g/mol. The van der Waals surface area contributed by atoms with Gasteiger partial charge in [-0.05, 0) is 68.5 Å². The van der Waals surface area contributed by atoms with Crippen LogP contribution in [0.4, 0.5) is 0 Å². The topological polar surface area (TPSA) is 27.7 Å². The van der Waals surface area contributed by atoms with Crippen LogP contribution in [0.15, 0.2) is 42.0 Å². The predicted molar refractivity (Wildman–Crippen MR) is 148 cm³/mol. The van der Waals surface area contributed by atoms with Gasteiger partial charge < -0.3 is 4.43 Å². The lowest BCUT2D eigenvalue weighted by atomic mass is 9.92. The van der Waals surface area contributed by atoms with Gasteiger partial charge in [0.25, 0.3) is 0 Å². The number of hydrogen-bond donors (Lipinski definition) is 0. The number of hydrogen-bond acceptors (Lipinski definition) is 3. The van der Waals surface area contributed by atoms with E-state index >= 15 is 0 Å². The van der Waals surface area contributed by atoms with Crippen molar-refractivity contribution in [3.63, 3.8) is 0 Å². The lowest BCUT2D eigenvalue weighted by Crippen LogP contribution is -2.42. The Hall–Kier alpha value is -0.943. The molecule has 3 nitrogen and oxygen atoms in total. The van der Waals surface area contributed by atoms with Crippen molar-refractivity contribution in [1.29, 1.82) is 0 Å². The zero-order valence-corrected chi connectivity index (χ0v) is 24.3. The Labute approximate surface area is 211 Å². The molecule has 0 fully saturated rings. The van der Waals surface area contributed by atoms with Crippen LogP contribution in [0, 0.1) is 0 Å². The minimum absolute atomic E-state index is 0.0136. The normalized spacial score (nSPS) is 21.5. The molecule has 2 rings (SSSR count). The van der Waals surface area contributed by atoms with Crippen LogP contribution in [0.1, 0.15) is 104 Å². The summed E-state index contributed by atoms with van der Waals surface area (Å²) >= 11 is 0. The first-order valence-corrected chi connectivity index (χ1v) is 16.6. The molecule has 0 unspecified atom stereocenters. The molecule has 0 radical (unpaired) electrons. The Balaban J connectivity index is 1.54. The second-order valence-electron chi connectivity index (χ2n) is 12.1. The third-order valence-electron chi connectivity index (χ3n) is 7.78. The Morgan fingerprint density at radius 2 is 1.50 bits per heavy atom. The van der Waals surface area contributed by atoms with E-state index in [1.165, 1.54) is 68.9 Å². The Morgan fingerprint density at radius 3 is 2.09 bits per heavy atom. The highest BCUT2D eigenvalue weighted by Crippen LogP contribution is 2.37. The van der Waals surface area contributed by atoms with Crippen molar-refractivity contribution in [1.82, 2.24) is 0 Å². The summed E-state index contributed by atoms with van der Waals surface area (Å²) in [6.07, 6.45) is 15.9. The van der Waals surface area contributed by atoms with Crippen LogP contribution in [0.25, 0.3) is 0 Å². The van der Waals surface area contributed by atoms with Crippen molar-refractivity contribution in [2.45, 2.75) is 135 Å². The van der Waals surface area contributed by atoms with Crippen molar-refractivity contribution in [2.75, 3.05) is 6.61 Å². The van der Waals surface area contributed by atoms with Crippen LogP contribution in [-0.4, -0.2) is 26.6 Å². The average Bonchev–Trinajstić information content (AvgIpc) is 2.76. The standard InChI is InChI=1S/C30H52O3Si/c1-26-25-30(5,33-32-28(26)22-24-31-34(6,7)29(2,3)4)23-18-13-11-9-8-10-12-15-19-27-20-16-14-17-21-27/h14,16-17,20-21,25,28H,8-13,15,18-19,22-24H2,1-7H3/t28-,30+/m0/s1. The maximum absolute atomic E-state index is 6.33. The fourth-order valence-electron chi connectivity index (χ4n) is 4.38. The third kappa shape index (κ3) is 10.4. The molecule has 0 saturated carbocycles. The van der Waals surface area contributed by atoms with Gasteiger partial charge in [-0.2, -0.15) is 0 Å². The Morgan fingerprint density at radius 1 is 0.912 bits per heavy atom. The van der Waals surface area contributed by atoms with Gasteiger partial charge in [0, 0.05) is 13.0 Å². The van der Waals surface area contributed by atoms with Crippen molar-refractivity contribution >= 4 is 8.32 Å². The maximum Gasteiger partial charge on any atom is 0.191 e. The van der Waals surface area contributed by atoms with E-state index in [2.05, 4.69) is 84.1 Å². The molecule has 194 valence electrons. The quantitative estimate of drug-likeness (QED) is 0.107. The van der Waals surface area contributed by atoms with Crippen LogP contribution in [0.5, 0.6) is 0 Å². The Kier molecular flexibility index (Phi) is 12.0. The van der Waals surface area contributed by atoms with Crippen LogP contribution < -0.4 is 0 Å². The molecule has 1 heterocycles. The molecule has 0 amide bonds. The Bertz CT molecular complexity index is 722. The van der Waals surface area contributed by atoms with Gasteiger partial charge in [-0.15, -0.1) is 0 Å². The van der Waals surface area contributed by atoms with Crippen LogP contribution >= 0.6 is 0 Å². The minimum atomic E-state index is -1.71. The summed E-state index contributed by atoms with van der Waals surface area (Å²) in [5, 5.41) is 0.239. The van der Waals surface area contributed by atoms with E-state index in [-0.39, 0.29) is 16.7 Å². The maximum atomic E-state index is 6.33. The summed E-state index contributed by atoms with van der Waals surface area (Å²) in [5.41, 5.74) is 2.46. The van der Waals surface area contributed by atoms with E-state index in [9.17, 15) is 0 Å². The molecule has 0 saturated heterocycles. The highest BCUT2D eigenvalue weighted by Gasteiger charge is 2.37. The van der Waals surface area contributed by atoms with E-state index in [4.69, 9.17) is 14.2 Å². The van der Waals surface area contributed by atoms with Crippen molar-refractivity contribution in [3.8, 4) is 0 Å². The highest BCUT2D eigenvalue weighted by molar-refractivity contribution is 6.74. The SMILES string of the molecule is CC1=C[C@@](C)(CCCCCCCCCCc2ccccc2)OO[C@H]1CCO[Si](C)(C)C(C)(C)C. The molecule has 0 bridgehead atoms. The number of rotatable bonds is 15. The van der Waals surface area contributed by atoms with Crippen LogP contribution in [0.2, 0.25) is 18.1 Å². The van der Waals surface area contributed by atoms with E-state index in [1.54, 1.807) is 0 Å². The minimum Gasteiger partial charge on any atom is -0.417 e. The second-order valence-corrected chi connectivity index (χ2v) is 16.9. The van der Waals surface area contributed by atoms with Gasteiger partial charge in [-0.3, -0.25) is 0 Å². The lowest BCUT2D eigenvalue weighted by Gasteiger charge is -2.37. The van der Waals surface area contributed by atoms with Crippen molar-refractivity contribution in [3.05, 3.63) is 47.5 Å². The number of benzene rings is 1. The molecule has 1 aliphatic rings. The fourth-order valence-corrected chi connectivity index (χ4v) is 5.44. The molecule has 2 atom stereocenters. The molecular weight excluding hydrogens is 436 g/mol. The van der Waals surface area contributed by atoms with Crippen LogP contribution in [0.3, 0.4) is 0 Å². The third-order valence-corrected chi connectivity index (χ3v) is 12.3. The largest absolute Gasteiger partial charge is 0.417 e. The first-order valence-electron chi connectivity index (χ1n) is 13.7. The highest BCUT2D eigenvalue weighted by atomic mass is 28.4. The van der Waals surface area contributed by atoms with Crippen molar-refractivity contribution in [2.24, 2.45) is 0 Å². The summed E-state index contributed by atoms with van der Waals surface area (Å²) in [7, 11) is -1.71. The van der Waals surface area contributed by atoms with Gasteiger partial charge in [-0.1, -0.05) is 96.0 Å². The summed E-state index contributed by atoms with van der Waals surface area (Å²) in [6.45, 7) is 16.5. The number of aryl methyl sites for hydroxylation is 1. The predicted octanol–water partition coefficient (Wildman–Crippen LogP) is 9.19. The monoisotopic (exact) mass is 488 g/mol. The van der Waals surface area contributed by atoms with Gasteiger partial charge in [0.05, 0.1) is 0 Å². The molecule has 1 aromatic rings. The first kappa shape index (κ1) is 29.3. The molecule has 4 heteroatoms. The van der Waals surface area contributed by atoms with E-state index in [0.717, 1.165) is 19.4 Å². The summed E-state index contributed by atoms with van der Waals surface area (Å²) in [5.74, 6) is 0. The van der Waals surface area contributed by atoms with Crippen LogP contribution in [-0.2, 0) is 20.6 Å². The summed E-state index contributed by atoms with van der Waals surface area (Å²) < 4.78 is 6.33. The van der Waals surface area contributed by atoms with Gasteiger partial charge in [0.2, 0.25) is 0 Å². The van der Waals surface area contributed by atoms with E-state index < -0.39 is 8.32 Å². The van der Waals surface area contributed by atoms with Gasteiger partial charge in [-0.25, -0.2) is 9.78 Å². The van der Waals surface area contributed by atoms with E-state index in [1.807, 2.05) is 0 Å². The molecule has 0 N–H and O–H groups in total. The van der Waals surface area contributed by atoms with Gasteiger partial charge >= 0.3 is 0 Å². The summed E-state index contributed by atoms with van der Waals surface area (Å²) in [4.78, 5) is 11.7. The molecule has 1 aliphatic heterocycles. The first-order chi connectivity index (χ1) is 16.0. The molecule has 0 aliphatic carbocycles.